The first-order valence-electron chi connectivity index (χ1n) is 11.2. The summed E-state index contributed by atoms with van der Waals surface area (Å²) in [6, 6.07) is 7.03. The average Bonchev–Trinajstić information content (AvgIpc) is 3.29. The van der Waals surface area contributed by atoms with Crippen LogP contribution in [0.1, 0.15) is 80.1 Å². The van der Waals surface area contributed by atoms with Gasteiger partial charge < -0.3 is 9.84 Å². The molecule has 2 aliphatic rings. The van der Waals surface area contributed by atoms with Crippen LogP contribution < -0.4 is 0 Å². The number of hydrogen-bond donors (Lipinski definition) is 1. The fraction of sp³-hybridized carbons (Fsp3) is 0.560. The van der Waals surface area contributed by atoms with Gasteiger partial charge in [0.05, 0.1) is 5.92 Å². The van der Waals surface area contributed by atoms with E-state index in [1.54, 1.807) is 30.3 Å². The Morgan fingerprint density at radius 3 is 2.43 bits per heavy atom. The fourth-order valence-corrected chi connectivity index (χ4v) is 4.61. The van der Waals surface area contributed by atoms with Gasteiger partial charge in [-0.3, -0.25) is 14.4 Å². The molecule has 0 heterocycles. The van der Waals surface area contributed by atoms with E-state index in [-0.39, 0.29) is 36.1 Å². The number of benzene rings is 1. The number of ether oxygens (including phenoxy) is 1. The Kier molecular flexibility index (Phi) is 8.38. The maximum Gasteiger partial charge on any atom is 0.309 e. The molecule has 0 bridgehead atoms. The molecule has 5 nitrogen and oxygen atoms in total. The Morgan fingerprint density at radius 2 is 1.73 bits per heavy atom. The van der Waals surface area contributed by atoms with Crippen LogP contribution in [-0.2, 0) is 14.3 Å². The maximum atomic E-state index is 13.0. The van der Waals surface area contributed by atoms with E-state index in [0.29, 0.717) is 11.1 Å². The number of carbonyl (C=O) groups excluding carboxylic acids is 3. The van der Waals surface area contributed by atoms with Crippen molar-refractivity contribution in [2.24, 2.45) is 11.8 Å². The molecule has 1 aromatic carbocycles. The summed E-state index contributed by atoms with van der Waals surface area (Å²) in [5.41, 5.74) is 1.24. The highest BCUT2D eigenvalue weighted by Crippen LogP contribution is 2.34. The van der Waals surface area contributed by atoms with Gasteiger partial charge >= 0.3 is 5.97 Å². The smallest absolute Gasteiger partial charge is 0.309 e. The molecule has 1 atom stereocenters. The van der Waals surface area contributed by atoms with Crippen LogP contribution in [0.4, 0.5) is 0 Å². The fourth-order valence-electron chi connectivity index (χ4n) is 4.61. The first kappa shape index (κ1) is 22.4. The molecule has 5 heteroatoms. The molecule has 3 rings (SSSR count). The largest absolute Gasteiger partial charge is 0.462 e. The van der Waals surface area contributed by atoms with Crippen molar-refractivity contribution in [1.82, 2.24) is 0 Å². The van der Waals surface area contributed by atoms with E-state index < -0.39 is 12.4 Å². The van der Waals surface area contributed by atoms with Crippen LogP contribution >= 0.6 is 0 Å². The lowest BCUT2D eigenvalue weighted by molar-refractivity contribution is -0.156. The summed E-state index contributed by atoms with van der Waals surface area (Å²) in [5.74, 6) is -0.835. The van der Waals surface area contributed by atoms with Gasteiger partial charge in [-0.2, -0.15) is 0 Å². The van der Waals surface area contributed by atoms with E-state index in [1.165, 1.54) is 12.5 Å². The first-order valence-corrected chi connectivity index (χ1v) is 11.2. The Balaban J connectivity index is 1.71. The van der Waals surface area contributed by atoms with Crippen LogP contribution in [0.5, 0.6) is 0 Å². The Morgan fingerprint density at radius 1 is 1.03 bits per heavy atom. The Labute approximate surface area is 178 Å². The molecule has 30 heavy (non-hydrogen) atoms. The average molecular weight is 413 g/mol. The van der Waals surface area contributed by atoms with Crippen LogP contribution in [0.2, 0.25) is 0 Å². The quantitative estimate of drug-likeness (QED) is 0.366. The van der Waals surface area contributed by atoms with Crippen LogP contribution in [0.3, 0.4) is 0 Å². The van der Waals surface area contributed by atoms with Gasteiger partial charge in [0.2, 0.25) is 0 Å². The summed E-state index contributed by atoms with van der Waals surface area (Å²) in [5, 5.41) is 8.83. The molecule has 0 radical (unpaired) electrons. The molecule has 0 aromatic heterocycles. The van der Waals surface area contributed by atoms with Gasteiger partial charge in [-0.05, 0) is 62.1 Å². The minimum atomic E-state index is -0.540. The van der Waals surface area contributed by atoms with Crippen molar-refractivity contribution in [3.8, 4) is 0 Å². The molecule has 2 fully saturated rings. The van der Waals surface area contributed by atoms with E-state index in [9.17, 15) is 14.4 Å². The third kappa shape index (κ3) is 6.36. The standard InChI is InChI=1S/C25H32O5/c26-17-21(27)14-13-18-7-6-10-20(15-18)24(28)16-23(19-8-2-1-3-9-19)25(29)30-22-11-4-5-12-22/h6-7,10,13-15,19,22-23,26H,1-5,8-9,11-12,16-17H2/b14-13+/t23-/m0/s1. The van der Waals surface area contributed by atoms with E-state index in [0.717, 1.165) is 51.4 Å². The van der Waals surface area contributed by atoms with Crippen molar-refractivity contribution in [1.29, 1.82) is 0 Å². The zero-order valence-electron chi connectivity index (χ0n) is 17.6. The van der Waals surface area contributed by atoms with Gasteiger partial charge in [0.25, 0.3) is 0 Å². The van der Waals surface area contributed by atoms with E-state index in [4.69, 9.17) is 9.84 Å². The van der Waals surface area contributed by atoms with Gasteiger partial charge in [-0.15, -0.1) is 0 Å². The van der Waals surface area contributed by atoms with E-state index >= 15 is 0 Å². The summed E-state index contributed by atoms with van der Waals surface area (Å²) in [6.45, 7) is -0.540. The number of rotatable bonds is 9. The third-order valence-electron chi connectivity index (χ3n) is 6.34. The van der Waals surface area contributed by atoms with Crippen LogP contribution in [-0.4, -0.2) is 35.4 Å². The minimum Gasteiger partial charge on any atom is -0.462 e. The molecule has 0 spiro atoms. The van der Waals surface area contributed by atoms with Crippen molar-refractivity contribution in [2.75, 3.05) is 6.61 Å². The summed E-state index contributed by atoms with van der Waals surface area (Å²) in [6.07, 6.45) is 12.5. The summed E-state index contributed by atoms with van der Waals surface area (Å²) < 4.78 is 5.80. The number of hydrogen-bond acceptors (Lipinski definition) is 5. The number of ketones is 2. The summed E-state index contributed by atoms with van der Waals surface area (Å²) in [7, 11) is 0. The molecule has 1 N–H and O–H groups in total. The number of aliphatic hydroxyl groups excluding tert-OH is 1. The highest BCUT2D eigenvalue weighted by atomic mass is 16.5. The van der Waals surface area contributed by atoms with E-state index in [2.05, 4.69) is 0 Å². The predicted octanol–water partition coefficient (Wildman–Crippen LogP) is 4.52. The lowest BCUT2D eigenvalue weighted by Gasteiger charge is -2.29. The molecule has 0 unspecified atom stereocenters. The van der Waals surface area contributed by atoms with Gasteiger partial charge in [0.15, 0.2) is 11.6 Å². The third-order valence-corrected chi connectivity index (χ3v) is 6.34. The monoisotopic (exact) mass is 412 g/mol. The lowest BCUT2D eigenvalue weighted by Crippen LogP contribution is -2.31. The summed E-state index contributed by atoms with van der Waals surface area (Å²) in [4.78, 5) is 37.3. The normalized spacial score (nSPS) is 19.1. The van der Waals surface area contributed by atoms with Gasteiger partial charge in [-0.1, -0.05) is 43.5 Å². The van der Waals surface area contributed by atoms with Crippen molar-refractivity contribution in [2.45, 2.75) is 70.3 Å². The molecular formula is C25H32O5. The second-order valence-corrected chi connectivity index (χ2v) is 8.56. The van der Waals surface area contributed by atoms with Crippen LogP contribution in [0, 0.1) is 11.8 Å². The van der Waals surface area contributed by atoms with Gasteiger partial charge in [-0.25, -0.2) is 0 Å². The molecule has 0 aliphatic heterocycles. The molecular weight excluding hydrogens is 380 g/mol. The molecule has 2 saturated carbocycles. The minimum absolute atomic E-state index is 0.0104. The van der Waals surface area contributed by atoms with Crippen LogP contribution in [0.25, 0.3) is 6.08 Å². The molecule has 0 saturated heterocycles. The van der Waals surface area contributed by atoms with Crippen molar-refractivity contribution in [3.63, 3.8) is 0 Å². The van der Waals surface area contributed by atoms with E-state index in [1.807, 2.05) is 0 Å². The Bertz CT molecular complexity index is 769. The highest BCUT2D eigenvalue weighted by Gasteiger charge is 2.34. The number of carbonyl (C=O) groups is 3. The zero-order valence-corrected chi connectivity index (χ0v) is 17.6. The lowest BCUT2D eigenvalue weighted by atomic mass is 9.77. The summed E-state index contributed by atoms with van der Waals surface area (Å²) >= 11 is 0. The zero-order chi connectivity index (χ0) is 21.3. The van der Waals surface area contributed by atoms with Crippen molar-refractivity contribution in [3.05, 3.63) is 41.5 Å². The molecule has 0 amide bonds. The SMILES string of the molecule is O=C(/C=C/c1cccc(C(=O)C[C@H](C(=O)OC2CCCC2)C2CCCCC2)c1)CO. The number of esters is 1. The molecule has 162 valence electrons. The predicted molar refractivity (Wildman–Crippen MR) is 115 cm³/mol. The first-order chi connectivity index (χ1) is 14.6. The molecule has 1 aromatic rings. The van der Waals surface area contributed by atoms with Crippen molar-refractivity contribution < 1.29 is 24.2 Å². The second-order valence-electron chi connectivity index (χ2n) is 8.56. The van der Waals surface area contributed by atoms with Crippen LogP contribution in [0.15, 0.2) is 30.3 Å². The number of Topliss-reactive ketones (excluding diaryl/α,β-unsaturated/α-hetero) is 1. The van der Waals surface area contributed by atoms with Gasteiger partial charge in [0, 0.05) is 12.0 Å². The van der Waals surface area contributed by atoms with Gasteiger partial charge in [0.1, 0.15) is 12.7 Å². The number of aliphatic hydroxyl groups is 1. The maximum absolute atomic E-state index is 13.0. The van der Waals surface area contributed by atoms with Crippen molar-refractivity contribution >= 4 is 23.6 Å². The topological polar surface area (TPSA) is 80.7 Å². The highest BCUT2D eigenvalue weighted by molar-refractivity contribution is 5.99. The second kappa shape index (κ2) is 11.2. The Hall–Kier alpha value is -2.27. The molecule has 2 aliphatic carbocycles.